The Hall–Kier alpha value is -3.32. The van der Waals surface area contributed by atoms with Gasteiger partial charge in [-0.2, -0.15) is 0 Å². The number of benzene rings is 2. The van der Waals surface area contributed by atoms with Crippen molar-refractivity contribution in [2.75, 3.05) is 18.0 Å². The van der Waals surface area contributed by atoms with Gasteiger partial charge < -0.3 is 24.7 Å². The first-order valence-electron chi connectivity index (χ1n) is 12.7. The summed E-state index contributed by atoms with van der Waals surface area (Å²) in [7, 11) is 0. The summed E-state index contributed by atoms with van der Waals surface area (Å²) >= 11 is 0. The molecule has 2 heterocycles. The third-order valence-electron chi connectivity index (χ3n) is 7.06. The van der Waals surface area contributed by atoms with E-state index in [9.17, 15) is 4.79 Å². The second-order valence-electron chi connectivity index (χ2n) is 9.54. The number of anilines is 1. The molecule has 3 aromatic rings. The van der Waals surface area contributed by atoms with Crippen molar-refractivity contribution in [3.05, 3.63) is 72.6 Å². The van der Waals surface area contributed by atoms with Gasteiger partial charge in [0, 0.05) is 42.5 Å². The molecule has 5 rings (SSSR count). The van der Waals surface area contributed by atoms with E-state index in [4.69, 9.17) is 9.15 Å². The lowest BCUT2D eigenvalue weighted by atomic mass is 9.89. The number of carbonyl (C=O) groups is 1. The number of oxazole rings is 1. The number of nitrogens with one attached hydrogen (secondary N) is 2. The minimum Gasteiger partial charge on any atom is -0.445 e. The fraction of sp³-hybridized carbons (Fsp3) is 0.429. The zero-order valence-corrected chi connectivity index (χ0v) is 20.1. The molecular formula is C28H34N4O3. The Morgan fingerprint density at radius 1 is 1.00 bits per heavy atom. The Balaban J connectivity index is 1.14. The van der Waals surface area contributed by atoms with Crippen LogP contribution in [0.2, 0.25) is 0 Å². The number of nitrogens with zero attached hydrogens (tertiary/aromatic N) is 2. The molecule has 1 saturated heterocycles. The van der Waals surface area contributed by atoms with Gasteiger partial charge in [0.15, 0.2) is 0 Å². The quantitative estimate of drug-likeness (QED) is 0.494. The second-order valence-corrected chi connectivity index (χ2v) is 9.54. The third kappa shape index (κ3) is 6.22. The van der Waals surface area contributed by atoms with E-state index < -0.39 is 0 Å². The maximum Gasteiger partial charge on any atom is 0.407 e. The van der Waals surface area contributed by atoms with Crippen LogP contribution in [0.15, 0.2) is 71.5 Å². The molecule has 1 amide bonds. The van der Waals surface area contributed by atoms with Crippen molar-refractivity contribution in [2.45, 2.75) is 63.3 Å². The highest BCUT2D eigenvalue weighted by atomic mass is 16.5. The summed E-state index contributed by atoms with van der Waals surface area (Å²) in [4.78, 5) is 19.2. The lowest BCUT2D eigenvalue weighted by Gasteiger charge is -2.40. The SMILES string of the molecule is O=C(NC1CCCCC1NC1CCCN(c2ccc(-c3ncco3)cc2)C1)OCc1ccccc1. The van der Waals surface area contributed by atoms with E-state index in [-0.39, 0.29) is 18.2 Å². The van der Waals surface area contributed by atoms with Gasteiger partial charge in [0.25, 0.3) is 0 Å². The molecule has 1 saturated carbocycles. The number of aromatic nitrogens is 1. The molecule has 3 unspecified atom stereocenters. The van der Waals surface area contributed by atoms with Crippen LogP contribution >= 0.6 is 0 Å². The van der Waals surface area contributed by atoms with Crippen LogP contribution in [-0.4, -0.2) is 42.3 Å². The summed E-state index contributed by atoms with van der Waals surface area (Å²) < 4.78 is 10.9. The van der Waals surface area contributed by atoms with Crippen molar-refractivity contribution in [2.24, 2.45) is 0 Å². The van der Waals surface area contributed by atoms with Crippen LogP contribution in [0.25, 0.3) is 11.5 Å². The van der Waals surface area contributed by atoms with E-state index in [0.29, 0.717) is 18.5 Å². The van der Waals surface area contributed by atoms with Crippen LogP contribution in [0.5, 0.6) is 0 Å². The normalized spacial score (nSPS) is 22.5. The van der Waals surface area contributed by atoms with E-state index >= 15 is 0 Å². The molecule has 7 heteroatoms. The van der Waals surface area contributed by atoms with Gasteiger partial charge >= 0.3 is 6.09 Å². The van der Waals surface area contributed by atoms with Crippen LogP contribution in [0, 0.1) is 0 Å². The number of piperidine rings is 1. The number of rotatable bonds is 7. The number of amides is 1. The topological polar surface area (TPSA) is 79.6 Å². The monoisotopic (exact) mass is 474 g/mol. The van der Waals surface area contributed by atoms with Crippen molar-refractivity contribution in [1.29, 1.82) is 0 Å². The standard InChI is InChI=1S/C28H34N4O3/c33-28(35-20-21-7-2-1-3-8-21)31-26-11-5-4-10-25(26)30-23-9-6-17-32(19-23)24-14-12-22(13-15-24)27-29-16-18-34-27/h1-3,7-8,12-16,18,23,25-26,30H,4-6,9-11,17,19-20H2,(H,31,33). The minimum absolute atomic E-state index is 0.0995. The van der Waals surface area contributed by atoms with E-state index in [1.54, 1.807) is 12.5 Å². The molecule has 3 atom stereocenters. The molecule has 184 valence electrons. The van der Waals surface area contributed by atoms with E-state index in [1.807, 2.05) is 30.3 Å². The van der Waals surface area contributed by atoms with E-state index in [0.717, 1.165) is 56.3 Å². The molecule has 35 heavy (non-hydrogen) atoms. The van der Waals surface area contributed by atoms with E-state index in [2.05, 4.69) is 44.8 Å². The maximum absolute atomic E-state index is 12.5. The summed E-state index contributed by atoms with van der Waals surface area (Å²) in [6.07, 6.45) is 9.60. The van der Waals surface area contributed by atoms with Gasteiger partial charge in [0.1, 0.15) is 12.9 Å². The molecule has 0 bridgehead atoms. The number of hydrogen-bond acceptors (Lipinski definition) is 6. The molecule has 1 aromatic heterocycles. The Labute approximate surface area is 206 Å². The zero-order valence-electron chi connectivity index (χ0n) is 20.1. The molecule has 1 aliphatic heterocycles. The van der Waals surface area contributed by atoms with Crippen molar-refractivity contribution in [3.8, 4) is 11.5 Å². The average molecular weight is 475 g/mol. The predicted molar refractivity (Wildman–Crippen MR) is 136 cm³/mol. The molecule has 7 nitrogen and oxygen atoms in total. The third-order valence-corrected chi connectivity index (χ3v) is 7.06. The molecule has 0 radical (unpaired) electrons. The van der Waals surface area contributed by atoms with Crippen LogP contribution in [-0.2, 0) is 11.3 Å². The van der Waals surface area contributed by atoms with Gasteiger partial charge in [-0.1, -0.05) is 43.2 Å². The Morgan fingerprint density at radius 2 is 1.80 bits per heavy atom. The molecule has 2 N–H and O–H groups in total. The van der Waals surface area contributed by atoms with Gasteiger partial charge in [-0.15, -0.1) is 0 Å². The summed E-state index contributed by atoms with van der Waals surface area (Å²) in [5, 5.41) is 7.02. The predicted octanol–water partition coefficient (Wildman–Crippen LogP) is 5.14. The Kier molecular flexibility index (Phi) is 7.63. The number of hydrogen-bond donors (Lipinski definition) is 2. The van der Waals surface area contributed by atoms with Crippen molar-refractivity contribution < 1.29 is 13.9 Å². The largest absolute Gasteiger partial charge is 0.445 e. The highest BCUT2D eigenvalue weighted by molar-refractivity contribution is 5.67. The van der Waals surface area contributed by atoms with Crippen LogP contribution in [0.3, 0.4) is 0 Å². The smallest absolute Gasteiger partial charge is 0.407 e. The van der Waals surface area contributed by atoms with Gasteiger partial charge in [0.2, 0.25) is 5.89 Å². The van der Waals surface area contributed by atoms with Crippen molar-refractivity contribution in [3.63, 3.8) is 0 Å². The maximum atomic E-state index is 12.5. The first-order valence-corrected chi connectivity index (χ1v) is 12.7. The number of ether oxygens (including phenoxy) is 1. The van der Waals surface area contributed by atoms with Gasteiger partial charge in [0.05, 0.1) is 6.20 Å². The van der Waals surface area contributed by atoms with Crippen LogP contribution in [0.4, 0.5) is 10.5 Å². The fourth-order valence-corrected chi connectivity index (χ4v) is 5.25. The van der Waals surface area contributed by atoms with Gasteiger partial charge in [-0.05, 0) is 55.5 Å². The lowest BCUT2D eigenvalue weighted by molar-refractivity contribution is 0.128. The highest BCUT2D eigenvalue weighted by Crippen LogP contribution is 2.26. The molecule has 2 fully saturated rings. The molecule has 2 aliphatic rings. The summed E-state index contributed by atoms with van der Waals surface area (Å²) in [6, 6.07) is 19.0. The summed E-state index contributed by atoms with van der Waals surface area (Å²) in [6.45, 7) is 2.30. The van der Waals surface area contributed by atoms with Gasteiger partial charge in [-0.3, -0.25) is 0 Å². The molecule has 2 aromatic carbocycles. The summed E-state index contributed by atoms with van der Waals surface area (Å²) in [5.74, 6) is 0.646. The fourth-order valence-electron chi connectivity index (χ4n) is 5.25. The van der Waals surface area contributed by atoms with Crippen LogP contribution in [0.1, 0.15) is 44.1 Å². The van der Waals surface area contributed by atoms with Crippen LogP contribution < -0.4 is 15.5 Å². The average Bonchev–Trinajstić information content (AvgIpc) is 3.45. The Morgan fingerprint density at radius 3 is 2.57 bits per heavy atom. The van der Waals surface area contributed by atoms with E-state index in [1.165, 1.54) is 12.1 Å². The highest BCUT2D eigenvalue weighted by Gasteiger charge is 2.30. The van der Waals surface area contributed by atoms with Gasteiger partial charge in [-0.25, -0.2) is 9.78 Å². The van der Waals surface area contributed by atoms with Crippen molar-refractivity contribution >= 4 is 11.8 Å². The minimum atomic E-state index is -0.330. The molecule has 0 spiro atoms. The first kappa shape index (κ1) is 23.4. The zero-order chi connectivity index (χ0) is 23.9. The number of alkyl carbamates (subject to hydrolysis) is 1. The summed E-state index contributed by atoms with van der Waals surface area (Å²) in [5.41, 5.74) is 3.20. The molecular weight excluding hydrogens is 440 g/mol. The first-order chi connectivity index (χ1) is 17.2. The second kappa shape index (κ2) is 11.4. The number of carbonyl (C=O) groups excluding carboxylic acids is 1. The lowest BCUT2D eigenvalue weighted by Crippen LogP contribution is -2.57. The Bertz CT molecular complexity index is 1060. The van der Waals surface area contributed by atoms with Crippen molar-refractivity contribution in [1.82, 2.24) is 15.6 Å². The molecule has 1 aliphatic carbocycles.